The van der Waals surface area contributed by atoms with Crippen LogP contribution in [-0.4, -0.2) is 11.2 Å². The highest BCUT2D eigenvalue weighted by molar-refractivity contribution is 5.16. The van der Waals surface area contributed by atoms with E-state index in [1.54, 1.807) is 12.1 Å². The Bertz CT molecular complexity index is 253. The first-order valence-electron chi connectivity index (χ1n) is 4.52. The van der Waals surface area contributed by atoms with E-state index in [1.165, 1.54) is 12.1 Å². The summed E-state index contributed by atoms with van der Waals surface area (Å²) in [5, 5.41) is 9.56. The van der Waals surface area contributed by atoms with Crippen LogP contribution in [0.3, 0.4) is 0 Å². The van der Waals surface area contributed by atoms with Crippen LogP contribution in [0.25, 0.3) is 0 Å². The molecule has 0 aliphatic carbocycles. The van der Waals surface area contributed by atoms with Crippen LogP contribution in [0.15, 0.2) is 24.3 Å². The van der Waals surface area contributed by atoms with Crippen molar-refractivity contribution in [3.05, 3.63) is 35.6 Å². The Morgan fingerprint density at radius 1 is 1.23 bits per heavy atom. The molecule has 0 spiro atoms. The minimum absolute atomic E-state index is 0.234. The molecule has 0 bridgehead atoms. The van der Waals surface area contributed by atoms with Gasteiger partial charge in [0.15, 0.2) is 0 Å². The van der Waals surface area contributed by atoms with Gasteiger partial charge < -0.3 is 5.11 Å². The first kappa shape index (κ1) is 10.2. The van der Waals surface area contributed by atoms with Gasteiger partial charge in [0.1, 0.15) is 5.82 Å². The molecule has 0 aromatic heterocycles. The summed E-state index contributed by atoms with van der Waals surface area (Å²) in [7, 11) is 0. The predicted octanol–water partition coefficient (Wildman–Crippen LogP) is 2.39. The largest absolute Gasteiger partial charge is 0.393 e. The number of benzene rings is 1. The molecule has 0 aliphatic rings. The Morgan fingerprint density at radius 2 is 1.77 bits per heavy atom. The van der Waals surface area contributed by atoms with E-state index >= 15 is 0 Å². The minimum atomic E-state index is -0.342. The number of aliphatic hydroxyl groups excluding tert-OH is 1. The lowest BCUT2D eigenvalue weighted by Crippen LogP contribution is -2.17. The average Bonchev–Trinajstić information content (AvgIpc) is 2.08. The number of aliphatic hydroxyl groups is 1. The summed E-state index contributed by atoms with van der Waals surface area (Å²) < 4.78 is 12.5. The van der Waals surface area contributed by atoms with Crippen molar-refractivity contribution >= 4 is 0 Å². The molecule has 0 aliphatic heterocycles. The summed E-state index contributed by atoms with van der Waals surface area (Å²) >= 11 is 0. The van der Waals surface area contributed by atoms with Crippen molar-refractivity contribution in [3.8, 4) is 0 Å². The summed E-state index contributed by atoms with van der Waals surface area (Å²) in [6, 6.07) is 6.26. The maximum Gasteiger partial charge on any atom is 0.123 e. The van der Waals surface area contributed by atoms with Gasteiger partial charge in [0, 0.05) is 0 Å². The second kappa shape index (κ2) is 4.38. The fourth-order valence-electron chi connectivity index (χ4n) is 1.10. The molecule has 0 amide bonds. The lowest BCUT2D eigenvalue weighted by Gasteiger charge is -2.13. The SMILES string of the molecule is CC(C)C(O)Cc1ccc(F)cc1. The standard InChI is InChI=1S/C11H15FO/c1-8(2)11(13)7-9-3-5-10(12)6-4-9/h3-6,8,11,13H,7H2,1-2H3. The molecule has 1 aromatic carbocycles. The highest BCUT2D eigenvalue weighted by Crippen LogP contribution is 2.10. The van der Waals surface area contributed by atoms with Crippen LogP contribution in [0.1, 0.15) is 19.4 Å². The van der Waals surface area contributed by atoms with Crippen LogP contribution in [0.4, 0.5) is 4.39 Å². The Morgan fingerprint density at radius 3 is 2.23 bits per heavy atom. The van der Waals surface area contributed by atoms with E-state index < -0.39 is 0 Å². The predicted molar refractivity (Wildman–Crippen MR) is 50.9 cm³/mol. The molecule has 0 saturated heterocycles. The van der Waals surface area contributed by atoms with Gasteiger partial charge in [0.25, 0.3) is 0 Å². The van der Waals surface area contributed by atoms with E-state index in [2.05, 4.69) is 0 Å². The van der Waals surface area contributed by atoms with Gasteiger partial charge >= 0.3 is 0 Å². The van der Waals surface area contributed by atoms with Crippen molar-refractivity contribution in [1.29, 1.82) is 0 Å². The summed E-state index contributed by atoms with van der Waals surface area (Å²) in [5.41, 5.74) is 0.975. The van der Waals surface area contributed by atoms with Crippen LogP contribution in [0.2, 0.25) is 0 Å². The van der Waals surface area contributed by atoms with Gasteiger partial charge in [0.05, 0.1) is 6.10 Å². The molecule has 1 aromatic rings. The van der Waals surface area contributed by atoms with Crippen LogP contribution < -0.4 is 0 Å². The molecule has 1 atom stereocenters. The van der Waals surface area contributed by atoms with E-state index in [1.807, 2.05) is 13.8 Å². The van der Waals surface area contributed by atoms with Crippen molar-refractivity contribution in [2.45, 2.75) is 26.4 Å². The zero-order valence-corrected chi connectivity index (χ0v) is 8.00. The molecule has 72 valence electrons. The smallest absolute Gasteiger partial charge is 0.123 e. The number of hydrogen-bond donors (Lipinski definition) is 1. The normalized spacial score (nSPS) is 13.3. The van der Waals surface area contributed by atoms with Gasteiger partial charge in [-0.25, -0.2) is 4.39 Å². The van der Waals surface area contributed by atoms with Gasteiger partial charge in [-0.05, 0) is 30.0 Å². The molecule has 1 rings (SSSR count). The molecule has 1 N–H and O–H groups in total. The quantitative estimate of drug-likeness (QED) is 0.761. The molecular weight excluding hydrogens is 167 g/mol. The van der Waals surface area contributed by atoms with Gasteiger partial charge in [-0.2, -0.15) is 0 Å². The Kier molecular flexibility index (Phi) is 3.43. The van der Waals surface area contributed by atoms with Crippen molar-refractivity contribution in [2.75, 3.05) is 0 Å². The Balaban J connectivity index is 2.59. The zero-order valence-electron chi connectivity index (χ0n) is 8.00. The summed E-state index contributed by atoms with van der Waals surface area (Å²) in [6.07, 6.45) is 0.253. The van der Waals surface area contributed by atoms with Crippen molar-refractivity contribution < 1.29 is 9.50 Å². The number of hydrogen-bond acceptors (Lipinski definition) is 1. The fraction of sp³-hybridized carbons (Fsp3) is 0.455. The minimum Gasteiger partial charge on any atom is -0.393 e. The summed E-state index contributed by atoms with van der Waals surface area (Å²) in [6.45, 7) is 3.93. The topological polar surface area (TPSA) is 20.2 Å². The molecule has 1 nitrogen and oxygen atoms in total. The molecule has 1 unspecified atom stereocenters. The van der Waals surface area contributed by atoms with E-state index in [0.29, 0.717) is 6.42 Å². The molecule has 0 radical (unpaired) electrons. The van der Waals surface area contributed by atoms with Crippen molar-refractivity contribution in [3.63, 3.8) is 0 Å². The summed E-state index contributed by atoms with van der Waals surface area (Å²) in [5.74, 6) is 0.00726. The van der Waals surface area contributed by atoms with Crippen LogP contribution in [0, 0.1) is 11.7 Å². The van der Waals surface area contributed by atoms with Crippen LogP contribution in [-0.2, 0) is 6.42 Å². The van der Waals surface area contributed by atoms with Gasteiger partial charge in [0.2, 0.25) is 0 Å². The first-order valence-corrected chi connectivity index (χ1v) is 4.52. The van der Waals surface area contributed by atoms with Crippen molar-refractivity contribution in [1.82, 2.24) is 0 Å². The molecule has 0 fully saturated rings. The maximum atomic E-state index is 12.5. The third-order valence-corrected chi connectivity index (χ3v) is 2.13. The second-order valence-corrected chi connectivity index (χ2v) is 3.64. The van der Waals surface area contributed by atoms with E-state index in [0.717, 1.165) is 5.56 Å². The molecular formula is C11H15FO. The zero-order chi connectivity index (χ0) is 9.84. The number of halogens is 1. The third kappa shape index (κ3) is 3.15. The van der Waals surface area contributed by atoms with Gasteiger partial charge in [-0.3, -0.25) is 0 Å². The van der Waals surface area contributed by atoms with E-state index in [4.69, 9.17) is 0 Å². The Labute approximate surface area is 78.2 Å². The number of rotatable bonds is 3. The fourth-order valence-corrected chi connectivity index (χ4v) is 1.10. The first-order chi connectivity index (χ1) is 6.09. The summed E-state index contributed by atoms with van der Waals surface area (Å²) in [4.78, 5) is 0. The lowest BCUT2D eigenvalue weighted by atomic mass is 9.99. The highest BCUT2D eigenvalue weighted by atomic mass is 19.1. The van der Waals surface area contributed by atoms with E-state index in [-0.39, 0.29) is 17.8 Å². The molecule has 2 heteroatoms. The monoisotopic (exact) mass is 182 g/mol. The van der Waals surface area contributed by atoms with Crippen molar-refractivity contribution in [2.24, 2.45) is 5.92 Å². The highest BCUT2D eigenvalue weighted by Gasteiger charge is 2.09. The second-order valence-electron chi connectivity index (χ2n) is 3.64. The van der Waals surface area contributed by atoms with Gasteiger partial charge in [-0.15, -0.1) is 0 Å². The Hall–Kier alpha value is -0.890. The average molecular weight is 182 g/mol. The molecule has 13 heavy (non-hydrogen) atoms. The van der Waals surface area contributed by atoms with Gasteiger partial charge in [-0.1, -0.05) is 26.0 Å². The van der Waals surface area contributed by atoms with E-state index in [9.17, 15) is 9.50 Å². The molecule has 0 saturated carbocycles. The van der Waals surface area contributed by atoms with Crippen LogP contribution in [0.5, 0.6) is 0 Å². The lowest BCUT2D eigenvalue weighted by molar-refractivity contribution is 0.125. The third-order valence-electron chi connectivity index (χ3n) is 2.13. The maximum absolute atomic E-state index is 12.5. The van der Waals surface area contributed by atoms with Crippen LogP contribution >= 0.6 is 0 Å². The molecule has 0 heterocycles.